The summed E-state index contributed by atoms with van der Waals surface area (Å²) in [5.74, 6) is 1.05. The van der Waals surface area contributed by atoms with Gasteiger partial charge in [-0.2, -0.15) is 0 Å². The zero-order chi connectivity index (χ0) is 7.03. The number of aliphatic hydroxyl groups excluding tert-OH is 1. The largest absolute Gasteiger partial charge is 0.389 e. The molecule has 1 aliphatic heterocycles. The van der Waals surface area contributed by atoms with Crippen LogP contribution in [0.2, 0.25) is 0 Å². The fourth-order valence-corrected chi connectivity index (χ4v) is 3.01. The fraction of sp³-hybridized carbons (Fsp3) is 1.00. The van der Waals surface area contributed by atoms with Crippen molar-refractivity contribution in [1.82, 2.24) is 0 Å². The summed E-state index contributed by atoms with van der Waals surface area (Å²) in [4.78, 5) is -0.181. The summed E-state index contributed by atoms with van der Waals surface area (Å²) in [6.45, 7) is 0.821. The molecule has 0 aromatic rings. The second kappa shape index (κ2) is 2.40. The fourth-order valence-electron chi connectivity index (χ4n) is 1.74. The maximum absolute atomic E-state index is 9.53. The number of hydrogen-bond acceptors (Lipinski definition) is 3. The van der Waals surface area contributed by atoms with Crippen LogP contribution >= 0.6 is 11.8 Å². The first-order valence-corrected chi connectivity index (χ1v) is 4.78. The summed E-state index contributed by atoms with van der Waals surface area (Å²) < 4.78 is 5.53. The van der Waals surface area contributed by atoms with Gasteiger partial charge in [0.2, 0.25) is 0 Å². The van der Waals surface area contributed by atoms with E-state index in [0.717, 1.165) is 31.6 Å². The van der Waals surface area contributed by atoms with Gasteiger partial charge in [-0.25, -0.2) is 0 Å². The first-order valence-electron chi connectivity index (χ1n) is 3.79. The second-order valence-corrected chi connectivity index (χ2v) is 4.30. The first kappa shape index (κ1) is 6.95. The van der Waals surface area contributed by atoms with E-state index in [-0.39, 0.29) is 11.0 Å². The normalized spacial score (nSPS) is 47.1. The summed E-state index contributed by atoms with van der Waals surface area (Å²) in [6, 6.07) is 0. The van der Waals surface area contributed by atoms with Crippen LogP contribution in [0.3, 0.4) is 0 Å². The van der Waals surface area contributed by atoms with Crippen molar-refractivity contribution in [1.29, 1.82) is 0 Å². The third kappa shape index (κ3) is 0.881. The topological polar surface area (TPSA) is 29.5 Å². The van der Waals surface area contributed by atoms with Gasteiger partial charge in [-0.3, -0.25) is 0 Å². The molecule has 3 heteroatoms. The molecule has 2 aliphatic rings. The van der Waals surface area contributed by atoms with E-state index >= 15 is 0 Å². The van der Waals surface area contributed by atoms with Gasteiger partial charge in [0.25, 0.3) is 0 Å². The number of thioether (sulfide) groups is 1. The second-order valence-electron chi connectivity index (χ2n) is 2.92. The molecule has 2 rings (SSSR count). The van der Waals surface area contributed by atoms with Crippen LogP contribution in [0.4, 0.5) is 0 Å². The van der Waals surface area contributed by atoms with E-state index in [9.17, 15) is 5.11 Å². The van der Waals surface area contributed by atoms with Crippen LogP contribution in [-0.4, -0.2) is 28.5 Å². The van der Waals surface area contributed by atoms with E-state index in [4.69, 9.17) is 4.74 Å². The summed E-state index contributed by atoms with van der Waals surface area (Å²) in [7, 11) is 0. The van der Waals surface area contributed by atoms with Crippen molar-refractivity contribution < 1.29 is 9.84 Å². The Morgan fingerprint density at radius 3 is 3.00 bits per heavy atom. The molecule has 0 aromatic carbocycles. The van der Waals surface area contributed by atoms with Gasteiger partial charge in [-0.15, -0.1) is 11.8 Å². The number of aliphatic hydroxyl groups is 1. The van der Waals surface area contributed by atoms with Crippen LogP contribution in [0.15, 0.2) is 0 Å². The van der Waals surface area contributed by atoms with Crippen LogP contribution in [0, 0.1) is 0 Å². The minimum absolute atomic E-state index is 0.181. The average Bonchev–Trinajstić information content (AvgIpc) is 2.48. The van der Waals surface area contributed by atoms with Gasteiger partial charge in [0.15, 0.2) is 0 Å². The molecule has 0 aromatic heterocycles. The lowest BCUT2D eigenvalue weighted by Crippen LogP contribution is -2.33. The van der Waals surface area contributed by atoms with E-state index in [0.29, 0.717) is 0 Å². The van der Waals surface area contributed by atoms with Crippen molar-refractivity contribution >= 4 is 11.8 Å². The molecule has 2 atom stereocenters. The van der Waals surface area contributed by atoms with E-state index in [1.165, 1.54) is 0 Å². The van der Waals surface area contributed by atoms with Crippen LogP contribution in [0.5, 0.6) is 0 Å². The smallest absolute Gasteiger partial charge is 0.139 e. The SMILES string of the molecule is O[C@@H]1CCC[C@]12OCCS2. The Bertz CT molecular complexity index is 126. The summed E-state index contributed by atoms with van der Waals surface area (Å²) in [6.07, 6.45) is 2.87. The lowest BCUT2D eigenvalue weighted by atomic mass is 10.2. The van der Waals surface area contributed by atoms with Crippen LogP contribution in [0.25, 0.3) is 0 Å². The molecular weight excluding hydrogens is 148 g/mol. The molecule has 0 bridgehead atoms. The van der Waals surface area contributed by atoms with E-state index in [2.05, 4.69) is 0 Å². The zero-order valence-electron chi connectivity index (χ0n) is 5.88. The van der Waals surface area contributed by atoms with Crippen LogP contribution in [-0.2, 0) is 4.74 Å². The van der Waals surface area contributed by atoms with Gasteiger partial charge in [-0.1, -0.05) is 0 Å². The zero-order valence-corrected chi connectivity index (χ0v) is 6.69. The highest BCUT2D eigenvalue weighted by Crippen LogP contribution is 2.45. The lowest BCUT2D eigenvalue weighted by molar-refractivity contribution is -0.0261. The van der Waals surface area contributed by atoms with Crippen molar-refractivity contribution in [3.8, 4) is 0 Å². The van der Waals surface area contributed by atoms with Gasteiger partial charge < -0.3 is 9.84 Å². The third-order valence-electron chi connectivity index (χ3n) is 2.29. The number of hydrogen-bond donors (Lipinski definition) is 1. The molecule has 10 heavy (non-hydrogen) atoms. The molecule has 1 heterocycles. The highest BCUT2D eigenvalue weighted by atomic mass is 32.2. The van der Waals surface area contributed by atoms with E-state index < -0.39 is 0 Å². The predicted octanol–water partition coefficient (Wildman–Crippen LogP) is 0.991. The molecule has 0 radical (unpaired) electrons. The molecule has 1 saturated carbocycles. The molecule has 1 spiro atoms. The molecule has 1 saturated heterocycles. The van der Waals surface area contributed by atoms with Gasteiger partial charge in [0.1, 0.15) is 4.93 Å². The van der Waals surface area contributed by atoms with Gasteiger partial charge in [-0.05, 0) is 19.3 Å². The standard InChI is InChI=1S/C7H12O2S/c8-6-2-1-3-7(6)9-4-5-10-7/h6,8H,1-5H2/t6-,7-/m1/s1. The highest BCUT2D eigenvalue weighted by Gasteiger charge is 2.46. The maximum atomic E-state index is 9.53. The molecule has 0 amide bonds. The monoisotopic (exact) mass is 160 g/mol. The minimum Gasteiger partial charge on any atom is -0.389 e. The number of ether oxygens (including phenoxy) is 1. The highest BCUT2D eigenvalue weighted by molar-refractivity contribution is 8.00. The van der Waals surface area contributed by atoms with Crippen molar-refractivity contribution in [3.05, 3.63) is 0 Å². The summed E-state index contributed by atoms with van der Waals surface area (Å²) in [5.41, 5.74) is 0. The van der Waals surface area contributed by atoms with E-state index in [1.54, 1.807) is 11.8 Å². The van der Waals surface area contributed by atoms with Crippen molar-refractivity contribution in [2.75, 3.05) is 12.4 Å². The predicted molar refractivity (Wildman–Crippen MR) is 41.0 cm³/mol. The average molecular weight is 160 g/mol. The molecular formula is C7H12O2S. The maximum Gasteiger partial charge on any atom is 0.139 e. The van der Waals surface area contributed by atoms with Crippen LogP contribution in [0.1, 0.15) is 19.3 Å². The van der Waals surface area contributed by atoms with Crippen molar-refractivity contribution in [2.24, 2.45) is 0 Å². The van der Waals surface area contributed by atoms with Gasteiger partial charge in [0.05, 0.1) is 12.7 Å². The van der Waals surface area contributed by atoms with Crippen molar-refractivity contribution in [2.45, 2.75) is 30.3 Å². The lowest BCUT2D eigenvalue weighted by Gasteiger charge is -2.24. The van der Waals surface area contributed by atoms with Gasteiger partial charge in [0, 0.05) is 5.75 Å². The molecule has 2 nitrogen and oxygen atoms in total. The molecule has 0 unspecified atom stereocenters. The summed E-state index contributed by atoms with van der Waals surface area (Å²) >= 11 is 1.79. The van der Waals surface area contributed by atoms with Gasteiger partial charge >= 0.3 is 0 Å². The first-order chi connectivity index (χ1) is 4.83. The Morgan fingerprint density at radius 2 is 2.50 bits per heavy atom. The Balaban J connectivity index is 2.11. The Morgan fingerprint density at radius 1 is 1.60 bits per heavy atom. The molecule has 58 valence electrons. The molecule has 1 N–H and O–H groups in total. The van der Waals surface area contributed by atoms with Crippen molar-refractivity contribution in [3.63, 3.8) is 0 Å². The third-order valence-corrected chi connectivity index (χ3v) is 3.74. The summed E-state index contributed by atoms with van der Waals surface area (Å²) in [5, 5.41) is 9.53. The quantitative estimate of drug-likeness (QED) is 0.573. The minimum atomic E-state index is -0.208. The molecule has 1 aliphatic carbocycles. The molecule has 2 fully saturated rings. The Kier molecular flexibility index (Phi) is 1.66. The number of rotatable bonds is 0. The Labute approximate surface area is 64.9 Å². The van der Waals surface area contributed by atoms with E-state index in [1.807, 2.05) is 0 Å². The Hall–Kier alpha value is 0.270. The van der Waals surface area contributed by atoms with Crippen LogP contribution < -0.4 is 0 Å².